The Hall–Kier alpha value is -5.03. The molecule has 47 heavy (non-hydrogen) atoms. The maximum atomic E-state index is 12.8. The van der Waals surface area contributed by atoms with E-state index in [1.807, 2.05) is 91.3 Å². The summed E-state index contributed by atoms with van der Waals surface area (Å²) >= 11 is 0. The summed E-state index contributed by atoms with van der Waals surface area (Å²) in [5.74, 6) is -0.266. The average Bonchev–Trinajstić information content (AvgIpc) is 3.50. The second kappa shape index (κ2) is 15.0. The Morgan fingerprint density at radius 2 is 1.60 bits per heavy atom. The van der Waals surface area contributed by atoms with Gasteiger partial charge in [-0.2, -0.15) is 0 Å². The molecule has 6 rings (SSSR count). The van der Waals surface area contributed by atoms with E-state index in [9.17, 15) is 14.7 Å². The lowest BCUT2D eigenvalue weighted by molar-refractivity contribution is -0.252. The van der Waals surface area contributed by atoms with Gasteiger partial charge in [0, 0.05) is 30.5 Å². The number of hydrogen-bond donors (Lipinski definition) is 4. The number of carbonyl (C=O) groups is 2. The van der Waals surface area contributed by atoms with Gasteiger partial charge in [0.05, 0.1) is 54.1 Å². The Labute approximate surface area is 273 Å². The van der Waals surface area contributed by atoms with Crippen molar-refractivity contribution in [1.82, 2.24) is 9.55 Å². The fourth-order valence-electron chi connectivity index (χ4n) is 5.79. The molecule has 5 N–H and O–H groups in total. The molecular weight excluding hydrogens is 594 g/mol. The van der Waals surface area contributed by atoms with Gasteiger partial charge in [0.1, 0.15) is 0 Å². The van der Waals surface area contributed by atoms with Crippen LogP contribution >= 0.6 is 0 Å². The molecule has 1 aliphatic rings. The molecule has 0 radical (unpaired) electrons. The SMILES string of the molecule is Nc1ccccc1NC(=O)CCCCC(=O)Nc1cccc([C@H]2O[C@@H](Cn3cnc4ccccc43)C[C@@H](c3ccc(CO)cc3)O2)c1. The molecule has 0 unspecified atom stereocenters. The van der Waals surface area contributed by atoms with Gasteiger partial charge in [-0.15, -0.1) is 0 Å². The summed E-state index contributed by atoms with van der Waals surface area (Å²) in [6.45, 7) is 0.574. The standard InChI is InChI=1S/C37H39N5O5/c38-30-10-1-2-11-31(30)41-36(45)15-6-5-14-35(44)40-28-9-7-8-27(20-28)37-46-29(22-42-24-39-32-12-3-4-13-33(32)42)21-34(47-37)26-18-16-25(23-43)17-19-26/h1-4,7-13,16-20,24,29,34,37,43H,5-6,14-15,21-23,38H2,(H,40,44)(H,41,45)/t29-,34+,37+/m1/s1. The van der Waals surface area contributed by atoms with Crippen molar-refractivity contribution in [3.63, 3.8) is 0 Å². The van der Waals surface area contributed by atoms with Crippen molar-refractivity contribution in [2.45, 2.75) is 63.8 Å². The van der Waals surface area contributed by atoms with Gasteiger partial charge in [0.15, 0.2) is 6.29 Å². The van der Waals surface area contributed by atoms with Crippen molar-refractivity contribution < 1.29 is 24.2 Å². The van der Waals surface area contributed by atoms with E-state index >= 15 is 0 Å². The van der Waals surface area contributed by atoms with Crippen molar-refractivity contribution in [3.05, 3.63) is 120 Å². The summed E-state index contributed by atoms with van der Waals surface area (Å²) in [7, 11) is 0. The molecular formula is C37H39N5O5. The lowest BCUT2D eigenvalue weighted by Gasteiger charge is -2.36. The van der Waals surface area contributed by atoms with Crippen LogP contribution in [0.25, 0.3) is 11.0 Å². The number of amides is 2. The first-order chi connectivity index (χ1) is 22.9. The third kappa shape index (κ3) is 8.23. The zero-order valence-corrected chi connectivity index (χ0v) is 26.0. The van der Waals surface area contributed by atoms with Gasteiger partial charge < -0.3 is 35.5 Å². The number of unbranched alkanes of at least 4 members (excludes halogenated alkanes) is 1. The summed E-state index contributed by atoms with van der Waals surface area (Å²) in [6.07, 6.45) is 3.11. The number of nitrogens with zero attached hydrogens (tertiary/aromatic N) is 2. The summed E-state index contributed by atoms with van der Waals surface area (Å²) in [5.41, 5.74) is 12.2. The van der Waals surface area contributed by atoms with E-state index in [2.05, 4.69) is 20.2 Å². The second-order valence-electron chi connectivity index (χ2n) is 11.8. The first-order valence-corrected chi connectivity index (χ1v) is 15.9. The number of aliphatic hydroxyl groups excluding tert-OH is 1. The maximum absolute atomic E-state index is 12.8. The highest BCUT2D eigenvalue weighted by molar-refractivity contribution is 5.94. The van der Waals surface area contributed by atoms with Crippen LogP contribution in [-0.4, -0.2) is 32.6 Å². The van der Waals surface area contributed by atoms with Crippen molar-refractivity contribution in [2.24, 2.45) is 0 Å². The number of nitrogen functional groups attached to an aromatic ring is 1. The van der Waals surface area contributed by atoms with Crippen molar-refractivity contribution >= 4 is 39.9 Å². The summed E-state index contributed by atoms with van der Waals surface area (Å²) < 4.78 is 15.1. The molecule has 242 valence electrons. The molecule has 0 bridgehead atoms. The van der Waals surface area contributed by atoms with Gasteiger partial charge in [0.2, 0.25) is 11.8 Å². The van der Waals surface area contributed by atoms with Crippen LogP contribution in [0.15, 0.2) is 103 Å². The number of hydrogen-bond acceptors (Lipinski definition) is 7. The number of fused-ring (bicyclic) bond motifs is 1. The maximum Gasteiger partial charge on any atom is 0.224 e. The Bertz CT molecular complexity index is 1820. The minimum atomic E-state index is -0.667. The van der Waals surface area contributed by atoms with Gasteiger partial charge >= 0.3 is 0 Å². The van der Waals surface area contributed by atoms with E-state index in [1.165, 1.54) is 0 Å². The van der Waals surface area contributed by atoms with E-state index < -0.39 is 6.29 Å². The Kier molecular flexibility index (Phi) is 10.2. The molecule has 1 aliphatic heterocycles. The fourth-order valence-corrected chi connectivity index (χ4v) is 5.79. The number of anilines is 3. The normalized spacial score (nSPS) is 17.8. The predicted octanol–water partition coefficient (Wildman–Crippen LogP) is 6.49. The molecule has 4 aromatic carbocycles. The van der Waals surface area contributed by atoms with Crippen LogP contribution < -0.4 is 16.4 Å². The van der Waals surface area contributed by atoms with E-state index in [1.54, 1.807) is 12.1 Å². The van der Waals surface area contributed by atoms with E-state index in [0.29, 0.717) is 49.3 Å². The van der Waals surface area contributed by atoms with Crippen LogP contribution in [0, 0.1) is 0 Å². The molecule has 0 saturated carbocycles. The zero-order chi connectivity index (χ0) is 32.6. The van der Waals surface area contributed by atoms with Crippen LogP contribution in [0.3, 0.4) is 0 Å². The molecule has 2 heterocycles. The van der Waals surface area contributed by atoms with Gasteiger partial charge in [-0.3, -0.25) is 9.59 Å². The minimum absolute atomic E-state index is 0.0223. The number of aromatic nitrogens is 2. The Balaban J connectivity index is 1.08. The van der Waals surface area contributed by atoms with E-state index in [4.69, 9.17) is 15.2 Å². The number of rotatable bonds is 12. The van der Waals surface area contributed by atoms with Crippen molar-refractivity contribution in [3.8, 4) is 0 Å². The summed E-state index contributed by atoms with van der Waals surface area (Å²) in [5, 5.41) is 15.3. The van der Waals surface area contributed by atoms with Crippen molar-refractivity contribution in [1.29, 1.82) is 0 Å². The van der Waals surface area contributed by atoms with Crippen LogP contribution in [0.5, 0.6) is 0 Å². The Morgan fingerprint density at radius 1 is 0.851 bits per heavy atom. The van der Waals surface area contributed by atoms with Gasteiger partial charge in [-0.25, -0.2) is 4.98 Å². The van der Waals surface area contributed by atoms with Crippen LogP contribution in [0.4, 0.5) is 17.1 Å². The highest BCUT2D eigenvalue weighted by Crippen LogP contribution is 2.39. The topological polar surface area (TPSA) is 141 Å². The Morgan fingerprint density at radius 3 is 2.38 bits per heavy atom. The van der Waals surface area contributed by atoms with Gasteiger partial charge in [-0.1, -0.05) is 60.7 Å². The van der Waals surface area contributed by atoms with Crippen molar-refractivity contribution in [2.75, 3.05) is 16.4 Å². The lowest BCUT2D eigenvalue weighted by atomic mass is 10.00. The molecule has 0 aliphatic carbocycles. The molecule has 10 nitrogen and oxygen atoms in total. The van der Waals surface area contributed by atoms with Crippen LogP contribution in [-0.2, 0) is 32.2 Å². The first kappa shape index (κ1) is 31.9. The third-order valence-corrected chi connectivity index (χ3v) is 8.28. The number of ether oxygens (including phenoxy) is 2. The highest BCUT2D eigenvalue weighted by Gasteiger charge is 2.33. The molecule has 1 aromatic heterocycles. The average molecular weight is 634 g/mol. The molecule has 0 spiro atoms. The van der Waals surface area contributed by atoms with E-state index in [-0.39, 0.29) is 37.0 Å². The number of nitrogens with one attached hydrogen (secondary N) is 2. The van der Waals surface area contributed by atoms with Gasteiger partial charge in [0.25, 0.3) is 0 Å². The van der Waals surface area contributed by atoms with E-state index in [0.717, 1.165) is 27.7 Å². The zero-order valence-electron chi connectivity index (χ0n) is 26.0. The number of carbonyl (C=O) groups excluding carboxylic acids is 2. The summed E-state index contributed by atoms with van der Waals surface area (Å²) in [4.78, 5) is 29.6. The lowest BCUT2D eigenvalue weighted by Crippen LogP contribution is -2.32. The smallest absolute Gasteiger partial charge is 0.224 e. The molecule has 3 atom stereocenters. The quantitative estimate of drug-likeness (QED) is 0.0909. The minimum Gasteiger partial charge on any atom is -0.397 e. The highest BCUT2D eigenvalue weighted by atomic mass is 16.7. The number of nitrogens with two attached hydrogens (primary N) is 1. The number of imidazole rings is 1. The fraction of sp³-hybridized carbons (Fsp3) is 0.270. The number of para-hydroxylation sites is 4. The predicted molar refractivity (Wildman–Crippen MR) is 181 cm³/mol. The number of benzene rings is 4. The number of aliphatic hydroxyl groups is 1. The molecule has 5 aromatic rings. The van der Waals surface area contributed by atoms with Crippen LogP contribution in [0.2, 0.25) is 0 Å². The van der Waals surface area contributed by atoms with Gasteiger partial charge in [-0.05, 0) is 60.4 Å². The van der Waals surface area contributed by atoms with Crippen LogP contribution in [0.1, 0.15) is 61.2 Å². The third-order valence-electron chi connectivity index (χ3n) is 8.28. The first-order valence-electron chi connectivity index (χ1n) is 15.9. The largest absolute Gasteiger partial charge is 0.397 e. The summed E-state index contributed by atoms with van der Waals surface area (Å²) in [6, 6.07) is 30.4. The molecule has 2 amide bonds. The second-order valence-corrected chi connectivity index (χ2v) is 11.8. The molecule has 10 heteroatoms. The molecule has 1 saturated heterocycles. The monoisotopic (exact) mass is 633 g/mol. The molecule has 1 fully saturated rings.